The second-order valence-corrected chi connectivity index (χ2v) is 8.13. The third kappa shape index (κ3) is 8.74. The molecule has 0 aliphatic rings. The van der Waals surface area contributed by atoms with Crippen LogP contribution in [0.2, 0.25) is 10.6 Å². The number of hydrogen-bond acceptors (Lipinski definition) is 1. The summed E-state index contributed by atoms with van der Waals surface area (Å²) in [5.41, 5.74) is 1.47. The summed E-state index contributed by atoms with van der Waals surface area (Å²) in [6.07, 6.45) is 0. The second kappa shape index (κ2) is 11.2. The summed E-state index contributed by atoms with van der Waals surface area (Å²) in [5, 5.41) is 2.97. The van der Waals surface area contributed by atoms with Crippen molar-refractivity contribution in [2.45, 2.75) is 38.3 Å². The molecule has 0 saturated heterocycles. The van der Waals surface area contributed by atoms with Gasteiger partial charge in [0.1, 0.15) is 0 Å². The van der Waals surface area contributed by atoms with Crippen molar-refractivity contribution in [3.8, 4) is 0 Å². The van der Waals surface area contributed by atoms with Crippen LogP contribution >= 0.6 is 0 Å². The first kappa shape index (κ1) is 19.7. The number of benzene rings is 2. The summed E-state index contributed by atoms with van der Waals surface area (Å²) in [5.74, 6) is 1.93. The molecule has 0 atom stereocenters. The van der Waals surface area contributed by atoms with E-state index in [1.54, 1.807) is 0 Å². The Morgan fingerprint density at radius 2 is 1.09 bits per heavy atom. The van der Waals surface area contributed by atoms with Crippen LogP contribution in [0.25, 0.3) is 0 Å². The zero-order valence-electron chi connectivity index (χ0n) is 14.8. The fraction of sp³-hybridized carbons (Fsp3) is 0.381. The molecule has 2 aromatic rings. The zero-order chi connectivity index (χ0) is 17.1. The fourth-order valence-corrected chi connectivity index (χ4v) is 3.63. The van der Waals surface area contributed by atoms with Crippen molar-refractivity contribution in [1.29, 1.82) is 0 Å². The zero-order valence-corrected chi connectivity index (χ0v) is 16.0. The molecule has 23 heavy (non-hydrogen) atoms. The van der Waals surface area contributed by atoms with Crippen molar-refractivity contribution in [2.24, 2.45) is 11.8 Å². The van der Waals surface area contributed by atoms with E-state index in [2.05, 4.69) is 27.7 Å². The standard InChI is InChI=1S/C13H10O.2C4H9.Al/c14-13(11-7-3-1-4-8-11)12-9-5-2-6-10-12;2*1-4(2)3;/h1-10H;2*4H,1H2,2-3H3;. The van der Waals surface area contributed by atoms with Crippen molar-refractivity contribution in [3.05, 3.63) is 71.8 Å². The Morgan fingerprint density at radius 1 is 0.739 bits per heavy atom. The van der Waals surface area contributed by atoms with Crippen molar-refractivity contribution >= 4 is 21.0 Å². The maximum absolute atomic E-state index is 11.8. The largest absolute Gasteiger partial charge is 0.289 e. The van der Waals surface area contributed by atoms with Crippen LogP contribution in [0.15, 0.2) is 60.7 Å². The average Bonchev–Trinajstić information content (AvgIpc) is 2.56. The number of carbonyl (C=O) groups is 1. The topological polar surface area (TPSA) is 17.1 Å². The van der Waals surface area contributed by atoms with Gasteiger partial charge in [-0.15, -0.1) is 10.6 Å². The molecule has 0 aromatic heterocycles. The molecular formula is C21H28AlO. The Morgan fingerprint density at radius 3 is 1.39 bits per heavy atom. The lowest BCUT2D eigenvalue weighted by atomic mass is 10.0. The highest BCUT2D eigenvalue weighted by molar-refractivity contribution is 6.35. The van der Waals surface area contributed by atoms with E-state index in [0.29, 0.717) is 0 Å². The second-order valence-electron chi connectivity index (χ2n) is 6.61. The fourth-order valence-electron chi connectivity index (χ4n) is 2.11. The van der Waals surface area contributed by atoms with E-state index >= 15 is 0 Å². The van der Waals surface area contributed by atoms with E-state index in [0.717, 1.165) is 38.2 Å². The Bertz CT molecular complexity index is 497. The van der Waals surface area contributed by atoms with Crippen molar-refractivity contribution < 1.29 is 4.79 Å². The van der Waals surface area contributed by atoms with E-state index in [-0.39, 0.29) is 5.78 Å². The Kier molecular flexibility index (Phi) is 9.60. The van der Waals surface area contributed by atoms with Gasteiger partial charge in [0.25, 0.3) is 0 Å². The van der Waals surface area contributed by atoms with Gasteiger partial charge in [-0.05, 0) is 0 Å². The lowest BCUT2D eigenvalue weighted by Gasteiger charge is -2.03. The predicted molar refractivity (Wildman–Crippen MR) is 101 cm³/mol. The summed E-state index contributed by atoms with van der Waals surface area (Å²) < 4.78 is 0. The number of carbonyl (C=O) groups excluding carboxylic acids is 1. The molecule has 0 saturated carbocycles. The number of ketones is 1. The van der Waals surface area contributed by atoms with Gasteiger partial charge in [-0.3, -0.25) is 4.79 Å². The van der Waals surface area contributed by atoms with Crippen LogP contribution in [-0.4, -0.2) is 21.0 Å². The lowest BCUT2D eigenvalue weighted by Crippen LogP contribution is -1.99. The molecule has 2 heteroatoms. The predicted octanol–water partition coefficient (Wildman–Crippen LogP) is 5.76. The Hall–Kier alpha value is -1.36. The average molecular weight is 323 g/mol. The molecule has 121 valence electrons. The molecule has 0 bridgehead atoms. The highest BCUT2D eigenvalue weighted by atomic mass is 27.1. The summed E-state index contributed by atoms with van der Waals surface area (Å²) in [4.78, 5) is 11.8. The van der Waals surface area contributed by atoms with Crippen LogP contribution in [0.3, 0.4) is 0 Å². The van der Waals surface area contributed by atoms with Crippen LogP contribution in [0.1, 0.15) is 43.6 Å². The molecule has 0 aliphatic carbocycles. The smallest absolute Gasteiger partial charge is 0.200 e. The molecule has 1 nitrogen and oxygen atoms in total. The van der Waals surface area contributed by atoms with E-state index in [9.17, 15) is 4.79 Å². The van der Waals surface area contributed by atoms with Gasteiger partial charge in [0, 0.05) is 11.1 Å². The molecule has 0 spiro atoms. The van der Waals surface area contributed by atoms with Gasteiger partial charge < -0.3 is 0 Å². The van der Waals surface area contributed by atoms with Crippen LogP contribution in [0, 0.1) is 11.8 Å². The normalized spacial score (nSPS) is 10.2. The molecule has 2 rings (SSSR count). The first-order valence-corrected chi connectivity index (χ1v) is 10.1. The van der Waals surface area contributed by atoms with Gasteiger partial charge in [-0.2, -0.15) is 0 Å². The van der Waals surface area contributed by atoms with Crippen LogP contribution in [0.5, 0.6) is 0 Å². The molecule has 0 amide bonds. The van der Waals surface area contributed by atoms with Crippen molar-refractivity contribution in [3.63, 3.8) is 0 Å². The van der Waals surface area contributed by atoms with Gasteiger partial charge in [0.05, 0.1) is 0 Å². The number of hydrogen-bond donors (Lipinski definition) is 0. The van der Waals surface area contributed by atoms with Gasteiger partial charge in [0.2, 0.25) is 15.2 Å². The maximum Gasteiger partial charge on any atom is 0.200 e. The molecule has 0 unspecified atom stereocenters. The molecular weight excluding hydrogens is 295 g/mol. The Balaban J connectivity index is 0.000000257. The summed E-state index contributed by atoms with van der Waals surface area (Å²) in [6, 6.07) is 18.6. The van der Waals surface area contributed by atoms with E-state index in [1.165, 1.54) is 10.6 Å². The first-order valence-electron chi connectivity index (χ1n) is 8.47. The summed E-state index contributed by atoms with van der Waals surface area (Å²) in [6.45, 7) is 9.25. The first-order chi connectivity index (χ1) is 11.0. The molecule has 1 radical (unpaired) electrons. The molecule has 0 heterocycles. The molecule has 2 aromatic carbocycles. The van der Waals surface area contributed by atoms with Crippen LogP contribution in [0.4, 0.5) is 0 Å². The lowest BCUT2D eigenvalue weighted by molar-refractivity contribution is 0.103. The monoisotopic (exact) mass is 323 g/mol. The molecule has 0 aliphatic heterocycles. The highest BCUT2D eigenvalue weighted by Gasteiger charge is 2.06. The van der Waals surface area contributed by atoms with Gasteiger partial charge in [-0.25, -0.2) is 0 Å². The highest BCUT2D eigenvalue weighted by Crippen LogP contribution is 2.08. The summed E-state index contributed by atoms with van der Waals surface area (Å²) >= 11 is 0.755. The van der Waals surface area contributed by atoms with E-state index in [1.807, 2.05) is 60.7 Å². The van der Waals surface area contributed by atoms with Gasteiger partial charge in [-0.1, -0.05) is 100 Å². The minimum atomic E-state index is 0.0752. The molecule has 0 fully saturated rings. The van der Waals surface area contributed by atoms with E-state index in [4.69, 9.17) is 0 Å². The minimum absolute atomic E-state index is 0.0752. The SMILES string of the molecule is CC(C)[CH2][Al][CH2]C(C)C.O=C(c1ccccc1)c1ccccc1. The minimum Gasteiger partial charge on any atom is -0.289 e. The van der Waals surface area contributed by atoms with Crippen molar-refractivity contribution in [2.75, 3.05) is 0 Å². The third-order valence-corrected chi connectivity index (χ3v) is 5.90. The van der Waals surface area contributed by atoms with Crippen molar-refractivity contribution in [1.82, 2.24) is 0 Å². The van der Waals surface area contributed by atoms with Crippen LogP contribution < -0.4 is 0 Å². The van der Waals surface area contributed by atoms with Gasteiger partial charge in [0.15, 0.2) is 5.78 Å². The number of rotatable bonds is 6. The van der Waals surface area contributed by atoms with Crippen LogP contribution in [-0.2, 0) is 0 Å². The Labute approximate surface area is 147 Å². The maximum atomic E-state index is 11.8. The quantitative estimate of drug-likeness (QED) is 0.488. The molecule has 0 N–H and O–H groups in total. The van der Waals surface area contributed by atoms with Gasteiger partial charge >= 0.3 is 0 Å². The summed E-state index contributed by atoms with van der Waals surface area (Å²) in [7, 11) is 0. The van der Waals surface area contributed by atoms with E-state index < -0.39 is 0 Å². The third-order valence-electron chi connectivity index (χ3n) is 3.35.